The summed E-state index contributed by atoms with van der Waals surface area (Å²) in [5, 5.41) is 0.677. The second kappa shape index (κ2) is 3.12. The SMILES string of the molecule is Clc1nc(Cl)c2c(n1)C(I)=CC2. The van der Waals surface area contributed by atoms with Crippen LogP contribution in [0.25, 0.3) is 3.58 Å². The molecule has 12 heavy (non-hydrogen) atoms. The molecule has 2 rings (SSSR count). The molecule has 0 saturated heterocycles. The third-order valence-electron chi connectivity index (χ3n) is 1.64. The molecule has 0 unspecified atom stereocenters. The van der Waals surface area contributed by atoms with Crippen molar-refractivity contribution in [3.63, 3.8) is 0 Å². The van der Waals surface area contributed by atoms with Gasteiger partial charge in [-0.05, 0) is 40.6 Å². The van der Waals surface area contributed by atoms with Crippen molar-refractivity contribution in [2.45, 2.75) is 6.42 Å². The second-order valence-electron chi connectivity index (χ2n) is 2.37. The van der Waals surface area contributed by atoms with Crippen molar-refractivity contribution >= 4 is 49.4 Å². The van der Waals surface area contributed by atoms with E-state index in [1.54, 1.807) is 0 Å². The van der Waals surface area contributed by atoms with Crippen LogP contribution in [0.5, 0.6) is 0 Å². The molecule has 5 heteroatoms. The van der Waals surface area contributed by atoms with E-state index < -0.39 is 0 Å². The van der Waals surface area contributed by atoms with Gasteiger partial charge in [0.05, 0.1) is 5.69 Å². The van der Waals surface area contributed by atoms with E-state index >= 15 is 0 Å². The Balaban J connectivity index is 2.67. The first-order valence-electron chi connectivity index (χ1n) is 3.26. The van der Waals surface area contributed by atoms with Crippen LogP contribution in [-0.4, -0.2) is 9.97 Å². The highest BCUT2D eigenvalue weighted by Crippen LogP contribution is 2.34. The van der Waals surface area contributed by atoms with Gasteiger partial charge in [-0.2, -0.15) is 0 Å². The molecule has 0 radical (unpaired) electrons. The van der Waals surface area contributed by atoms with Gasteiger partial charge in [0.2, 0.25) is 5.28 Å². The zero-order valence-corrected chi connectivity index (χ0v) is 9.48. The Labute approximate surface area is 93.1 Å². The van der Waals surface area contributed by atoms with Gasteiger partial charge in [-0.1, -0.05) is 17.7 Å². The summed E-state index contributed by atoms with van der Waals surface area (Å²) in [4.78, 5) is 7.95. The van der Waals surface area contributed by atoms with Crippen LogP contribution < -0.4 is 0 Å². The Kier molecular flexibility index (Phi) is 2.27. The van der Waals surface area contributed by atoms with E-state index in [1.165, 1.54) is 0 Å². The summed E-state index contributed by atoms with van der Waals surface area (Å²) >= 11 is 13.7. The predicted octanol–water partition coefficient (Wildman–Crippen LogP) is 3.12. The molecule has 0 N–H and O–H groups in total. The van der Waals surface area contributed by atoms with Crippen molar-refractivity contribution in [1.82, 2.24) is 9.97 Å². The number of aromatic nitrogens is 2. The molecule has 0 atom stereocenters. The van der Waals surface area contributed by atoms with Crippen LogP contribution in [0, 0.1) is 0 Å². The van der Waals surface area contributed by atoms with Gasteiger partial charge in [0.15, 0.2) is 0 Å². The molecule has 2 nitrogen and oxygen atoms in total. The van der Waals surface area contributed by atoms with Gasteiger partial charge in [-0.3, -0.25) is 0 Å². The first kappa shape index (κ1) is 8.72. The lowest BCUT2D eigenvalue weighted by Gasteiger charge is -2.01. The topological polar surface area (TPSA) is 25.8 Å². The number of halogens is 3. The largest absolute Gasteiger partial charge is 0.224 e. The highest BCUT2D eigenvalue weighted by molar-refractivity contribution is 14.1. The molecule has 0 amide bonds. The Morgan fingerprint density at radius 2 is 2.08 bits per heavy atom. The van der Waals surface area contributed by atoms with Crippen LogP contribution in [-0.2, 0) is 6.42 Å². The van der Waals surface area contributed by atoms with Gasteiger partial charge < -0.3 is 0 Å². The lowest BCUT2D eigenvalue weighted by Crippen LogP contribution is -1.93. The van der Waals surface area contributed by atoms with E-state index in [4.69, 9.17) is 23.2 Å². The monoisotopic (exact) mass is 312 g/mol. The maximum atomic E-state index is 5.87. The van der Waals surface area contributed by atoms with Gasteiger partial charge in [-0.25, -0.2) is 9.97 Å². The van der Waals surface area contributed by atoms with E-state index in [0.29, 0.717) is 5.15 Å². The van der Waals surface area contributed by atoms with E-state index in [0.717, 1.165) is 21.3 Å². The van der Waals surface area contributed by atoms with Crippen LogP contribution in [0.2, 0.25) is 10.4 Å². The van der Waals surface area contributed by atoms with Crippen LogP contribution in [0.4, 0.5) is 0 Å². The summed E-state index contributed by atoms with van der Waals surface area (Å²) in [6, 6.07) is 0. The smallest absolute Gasteiger partial charge is 0.217 e. The first-order valence-corrected chi connectivity index (χ1v) is 5.10. The third-order valence-corrected chi connectivity index (χ3v) is 3.07. The third kappa shape index (κ3) is 1.34. The fraction of sp³-hybridized carbons (Fsp3) is 0.143. The van der Waals surface area contributed by atoms with E-state index in [9.17, 15) is 0 Å². The molecule has 1 aromatic heterocycles. The molecular weight excluding hydrogens is 310 g/mol. The Bertz CT molecular complexity index is 376. The molecule has 1 aromatic rings. The van der Waals surface area contributed by atoms with E-state index in [2.05, 4.69) is 38.6 Å². The van der Waals surface area contributed by atoms with Crippen LogP contribution >= 0.6 is 45.8 Å². The van der Waals surface area contributed by atoms with Crippen molar-refractivity contribution in [2.75, 3.05) is 0 Å². The normalized spacial score (nSPS) is 14.4. The zero-order valence-electron chi connectivity index (χ0n) is 5.81. The summed E-state index contributed by atoms with van der Waals surface area (Å²) in [6.45, 7) is 0. The minimum atomic E-state index is 0.211. The molecule has 1 aliphatic carbocycles. The molecule has 0 bridgehead atoms. The number of nitrogens with zero attached hydrogens (tertiary/aromatic N) is 2. The van der Waals surface area contributed by atoms with E-state index in [1.807, 2.05) is 0 Å². The summed E-state index contributed by atoms with van der Waals surface area (Å²) in [6.07, 6.45) is 2.87. The number of hydrogen-bond donors (Lipinski definition) is 0. The zero-order chi connectivity index (χ0) is 8.72. The number of fused-ring (bicyclic) bond motifs is 1. The van der Waals surface area contributed by atoms with Gasteiger partial charge in [0.25, 0.3) is 0 Å². The van der Waals surface area contributed by atoms with Gasteiger partial charge >= 0.3 is 0 Å². The highest BCUT2D eigenvalue weighted by Gasteiger charge is 2.18. The molecule has 1 aliphatic rings. The van der Waals surface area contributed by atoms with Crippen molar-refractivity contribution < 1.29 is 0 Å². The summed E-state index contributed by atoms with van der Waals surface area (Å²) in [5.41, 5.74) is 1.85. The van der Waals surface area contributed by atoms with Gasteiger partial charge in [0.1, 0.15) is 5.15 Å². The number of rotatable bonds is 0. The van der Waals surface area contributed by atoms with Crippen LogP contribution in [0.15, 0.2) is 6.08 Å². The molecule has 62 valence electrons. The van der Waals surface area contributed by atoms with Crippen molar-refractivity contribution in [3.05, 3.63) is 27.8 Å². The standard InChI is InChI=1S/C7H3Cl2IN2/c8-6-3-1-2-4(10)5(3)11-7(9)12-6/h2H,1H2. The molecule has 0 aliphatic heterocycles. The fourth-order valence-corrected chi connectivity index (χ4v) is 2.22. The average molecular weight is 313 g/mol. The molecule has 0 fully saturated rings. The number of allylic oxidation sites excluding steroid dienone is 1. The van der Waals surface area contributed by atoms with Crippen molar-refractivity contribution in [3.8, 4) is 0 Å². The van der Waals surface area contributed by atoms with Crippen LogP contribution in [0.1, 0.15) is 11.3 Å². The van der Waals surface area contributed by atoms with Gasteiger partial charge in [-0.15, -0.1) is 0 Å². The molecular formula is C7H3Cl2IN2. The maximum Gasteiger partial charge on any atom is 0.224 e. The van der Waals surface area contributed by atoms with Crippen molar-refractivity contribution in [2.24, 2.45) is 0 Å². The molecule has 0 saturated carbocycles. The molecule has 0 aromatic carbocycles. The summed E-state index contributed by atoms with van der Waals surface area (Å²) in [5.74, 6) is 0. The van der Waals surface area contributed by atoms with E-state index in [-0.39, 0.29) is 5.28 Å². The highest BCUT2D eigenvalue weighted by atomic mass is 127. The van der Waals surface area contributed by atoms with Crippen molar-refractivity contribution in [1.29, 1.82) is 0 Å². The van der Waals surface area contributed by atoms with Gasteiger partial charge in [0, 0.05) is 9.14 Å². The Morgan fingerprint density at radius 3 is 2.83 bits per heavy atom. The Hall–Kier alpha value is 0.130. The quantitative estimate of drug-likeness (QED) is 0.418. The minimum Gasteiger partial charge on any atom is -0.217 e. The lowest BCUT2D eigenvalue weighted by molar-refractivity contribution is 1.10. The Morgan fingerprint density at radius 1 is 1.33 bits per heavy atom. The average Bonchev–Trinajstić information content (AvgIpc) is 2.33. The summed E-state index contributed by atoms with van der Waals surface area (Å²) < 4.78 is 1.09. The number of hydrogen-bond acceptors (Lipinski definition) is 2. The lowest BCUT2D eigenvalue weighted by atomic mass is 10.2. The summed E-state index contributed by atoms with van der Waals surface area (Å²) in [7, 11) is 0. The fourth-order valence-electron chi connectivity index (χ4n) is 1.10. The second-order valence-corrected chi connectivity index (χ2v) is 4.23. The minimum absolute atomic E-state index is 0.211. The maximum absolute atomic E-state index is 5.87. The molecule has 0 spiro atoms. The predicted molar refractivity (Wildman–Crippen MR) is 57.8 cm³/mol. The first-order chi connectivity index (χ1) is 5.68. The van der Waals surface area contributed by atoms with Crippen LogP contribution in [0.3, 0.4) is 0 Å². The molecule has 1 heterocycles.